The van der Waals surface area contributed by atoms with Gasteiger partial charge in [-0.3, -0.25) is 4.98 Å². The Hall–Kier alpha value is -2.09. The summed E-state index contributed by atoms with van der Waals surface area (Å²) in [5.41, 5.74) is 1.17. The lowest BCUT2D eigenvalue weighted by molar-refractivity contribution is 0.145. The molecular weight excluding hydrogens is 360 g/mol. The fraction of sp³-hybridized carbons (Fsp3) is 0.579. The predicted molar refractivity (Wildman–Crippen MR) is 105 cm³/mol. The van der Waals surface area contributed by atoms with Gasteiger partial charge in [0.25, 0.3) is 0 Å². The van der Waals surface area contributed by atoms with Crippen molar-refractivity contribution < 1.29 is 4.79 Å². The lowest BCUT2D eigenvalue weighted by atomic mass is 9.97. The van der Waals surface area contributed by atoms with Gasteiger partial charge >= 0.3 is 6.03 Å². The first-order valence-electron chi connectivity index (χ1n) is 9.67. The Morgan fingerprint density at radius 1 is 1.19 bits per heavy atom. The number of amides is 2. The van der Waals surface area contributed by atoms with E-state index in [2.05, 4.69) is 25.8 Å². The van der Waals surface area contributed by atoms with Gasteiger partial charge in [0.2, 0.25) is 0 Å². The van der Waals surface area contributed by atoms with Crippen molar-refractivity contribution in [1.82, 2.24) is 29.5 Å². The van der Waals surface area contributed by atoms with Gasteiger partial charge in [-0.15, -0.1) is 10.2 Å². The van der Waals surface area contributed by atoms with Crippen molar-refractivity contribution in [3.8, 4) is 0 Å². The van der Waals surface area contributed by atoms with E-state index in [-0.39, 0.29) is 11.9 Å². The normalized spacial score (nSPS) is 20.3. The fourth-order valence-electron chi connectivity index (χ4n) is 3.91. The third-order valence-electron chi connectivity index (χ3n) is 5.39. The largest absolute Gasteiger partial charge is 0.325 e. The molecule has 1 atom stereocenters. The quantitative estimate of drug-likeness (QED) is 0.756. The molecule has 2 aliphatic rings. The summed E-state index contributed by atoms with van der Waals surface area (Å²) >= 11 is 1.67. The number of rotatable bonds is 4. The number of pyridine rings is 1. The molecular formula is C19H26N6OS. The topological polar surface area (TPSA) is 67.2 Å². The number of carbonyl (C=O) groups excluding carboxylic acids is 1. The number of likely N-dealkylation sites (tertiary alicyclic amines) is 2. The Kier molecular flexibility index (Phi) is 5.61. The van der Waals surface area contributed by atoms with E-state index >= 15 is 0 Å². The fourth-order valence-corrected chi connectivity index (χ4v) is 4.76. The Morgan fingerprint density at radius 2 is 2.00 bits per heavy atom. The maximum Gasteiger partial charge on any atom is 0.320 e. The van der Waals surface area contributed by atoms with Crippen molar-refractivity contribution >= 4 is 17.8 Å². The molecule has 4 rings (SSSR count). The van der Waals surface area contributed by atoms with Crippen LogP contribution in [-0.2, 0) is 12.8 Å². The molecule has 0 bridgehead atoms. The standard InChI is InChI=1S/C19H26N6OS/c1-23-17(21-22-18(23)27-14-15-6-4-8-20-12-15)16-7-5-11-25(13-16)19(26)24-9-2-3-10-24/h4,6,8,12,16H,2-3,5,7,9-11,13-14H2,1H3. The first kappa shape index (κ1) is 18.3. The van der Waals surface area contributed by atoms with Crippen LogP contribution in [0.25, 0.3) is 0 Å². The van der Waals surface area contributed by atoms with Crippen molar-refractivity contribution in [1.29, 1.82) is 0 Å². The number of aromatic nitrogens is 4. The molecule has 2 aromatic heterocycles. The summed E-state index contributed by atoms with van der Waals surface area (Å²) in [6.45, 7) is 3.40. The van der Waals surface area contributed by atoms with Gasteiger partial charge < -0.3 is 14.4 Å². The van der Waals surface area contributed by atoms with Crippen LogP contribution in [0, 0.1) is 0 Å². The van der Waals surface area contributed by atoms with Gasteiger partial charge in [-0.1, -0.05) is 17.8 Å². The summed E-state index contributed by atoms with van der Waals surface area (Å²) in [6, 6.07) is 4.22. The van der Waals surface area contributed by atoms with E-state index in [4.69, 9.17) is 0 Å². The Labute approximate surface area is 164 Å². The maximum absolute atomic E-state index is 12.7. The van der Waals surface area contributed by atoms with E-state index in [1.165, 1.54) is 5.56 Å². The molecule has 0 N–H and O–H groups in total. The maximum atomic E-state index is 12.7. The predicted octanol–water partition coefficient (Wildman–Crippen LogP) is 2.90. The lowest BCUT2D eigenvalue weighted by Crippen LogP contribution is -2.46. The summed E-state index contributed by atoms with van der Waals surface area (Å²) in [6.07, 6.45) is 8.01. The van der Waals surface area contributed by atoms with Crippen LogP contribution in [0.3, 0.4) is 0 Å². The van der Waals surface area contributed by atoms with Crippen molar-refractivity contribution in [3.05, 3.63) is 35.9 Å². The van der Waals surface area contributed by atoms with Gasteiger partial charge in [0.05, 0.1) is 0 Å². The zero-order valence-corrected chi connectivity index (χ0v) is 16.6. The Morgan fingerprint density at radius 3 is 2.78 bits per heavy atom. The Bertz CT molecular complexity index is 774. The molecule has 7 nitrogen and oxygen atoms in total. The molecule has 0 aromatic carbocycles. The van der Waals surface area contributed by atoms with Crippen molar-refractivity contribution in [2.45, 2.75) is 42.5 Å². The van der Waals surface area contributed by atoms with Gasteiger partial charge in [0, 0.05) is 57.3 Å². The van der Waals surface area contributed by atoms with Crippen LogP contribution < -0.4 is 0 Å². The number of thioether (sulfide) groups is 1. The summed E-state index contributed by atoms with van der Waals surface area (Å²) in [5, 5.41) is 9.78. The molecule has 2 amide bonds. The molecule has 2 aromatic rings. The molecule has 27 heavy (non-hydrogen) atoms. The van der Waals surface area contributed by atoms with E-state index in [0.717, 1.165) is 68.6 Å². The molecule has 0 aliphatic carbocycles. The van der Waals surface area contributed by atoms with Crippen LogP contribution in [0.5, 0.6) is 0 Å². The minimum atomic E-state index is 0.200. The van der Waals surface area contributed by atoms with Crippen LogP contribution in [0.15, 0.2) is 29.7 Å². The van der Waals surface area contributed by atoms with Crippen molar-refractivity contribution in [2.75, 3.05) is 26.2 Å². The molecule has 4 heterocycles. The third-order valence-corrected chi connectivity index (χ3v) is 6.48. The second-order valence-electron chi connectivity index (χ2n) is 7.31. The first-order valence-corrected chi connectivity index (χ1v) is 10.7. The SMILES string of the molecule is Cn1c(SCc2cccnc2)nnc1C1CCCN(C(=O)N2CCCC2)C1. The van der Waals surface area contributed by atoms with Crippen LogP contribution in [-0.4, -0.2) is 61.8 Å². The number of urea groups is 1. The second kappa shape index (κ2) is 8.29. The summed E-state index contributed by atoms with van der Waals surface area (Å²) < 4.78 is 2.09. The van der Waals surface area contributed by atoms with Crippen LogP contribution >= 0.6 is 11.8 Å². The van der Waals surface area contributed by atoms with Crippen LogP contribution in [0.2, 0.25) is 0 Å². The zero-order valence-electron chi connectivity index (χ0n) is 15.8. The average Bonchev–Trinajstić information content (AvgIpc) is 3.37. The number of piperidine rings is 1. The first-order chi connectivity index (χ1) is 13.2. The zero-order chi connectivity index (χ0) is 18.6. The number of carbonyl (C=O) groups is 1. The summed E-state index contributed by atoms with van der Waals surface area (Å²) in [5.74, 6) is 2.07. The highest BCUT2D eigenvalue weighted by Gasteiger charge is 2.31. The Balaban J connectivity index is 1.40. The van der Waals surface area contributed by atoms with E-state index in [1.54, 1.807) is 18.0 Å². The van der Waals surface area contributed by atoms with Crippen molar-refractivity contribution in [3.63, 3.8) is 0 Å². The lowest BCUT2D eigenvalue weighted by Gasteiger charge is -2.34. The van der Waals surface area contributed by atoms with E-state index in [0.29, 0.717) is 0 Å². The highest BCUT2D eigenvalue weighted by molar-refractivity contribution is 7.98. The second-order valence-corrected chi connectivity index (χ2v) is 8.25. The molecule has 0 saturated carbocycles. The average molecular weight is 387 g/mol. The molecule has 0 spiro atoms. The van der Waals surface area contributed by atoms with Crippen LogP contribution in [0.1, 0.15) is 43.0 Å². The number of hydrogen-bond donors (Lipinski definition) is 0. The minimum absolute atomic E-state index is 0.200. The minimum Gasteiger partial charge on any atom is -0.325 e. The van der Waals surface area contributed by atoms with Crippen LogP contribution in [0.4, 0.5) is 4.79 Å². The van der Waals surface area contributed by atoms with E-state index in [9.17, 15) is 4.79 Å². The third kappa shape index (κ3) is 4.10. The summed E-state index contributed by atoms with van der Waals surface area (Å²) in [4.78, 5) is 20.9. The van der Waals surface area contributed by atoms with Gasteiger partial charge in [-0.2, -0.15) is 0 Å². The van der Waals surface area contributed by atoms with E-state index in [1.807, 2.05) is 29.1 Å². The molecule has 1 unspecified atom stereocenters. The molecule has 8 heteroatoms. The number of nitrogens with zero attached hydrogens (tertiary/aromatic N) is 6. The molecule has 2 fully saturated rings. The van der Waals surface area contributed by atoms with E-state index < -0.39 is 0 Å². The van der Waals surface area contributed by atoms with Gasteiger partial charge in [-0.05, 0) is 37.3 Å². The highest BCUT2D eigenvalue weighted by atomic mass is 32.2. The van der Waals surface area contributed by atoms with Gasteiger partial charge in [-0.25, -0.2) is 4.79 Å². The molecule has 0 radical (unpaired) electrons. The van der Waals surface area contributed by atoms with Gasteiger partial charge in [0.15, 0.2) is 5.16 Å². The van der Waals surface area contributed by atoms with Gasteiger partial charge in [0.1, 0.15) is 5.82 Å². The summed E-state index contributed by atoms with van der Waals surface area (Å²) in [7, 11) is 2.03. The molecule has 144 valence electrons. The number of hydrogen-bond acceptors (Lipinski definition) is 5. The molecule has 2 aliphatic heterocycles. The smallest absolute Gasteiger partial charge is 0.320 e. The highest BCUT2D eigenvalue weighted by Crippen LogP contribution is 2.29. The molecule has 2 saturated heterocycles. The van der Waals surface area contributed by atoms with Crippen molar-refractivity contribution in [2.24, 2.45) is 7.05 Å². The monoisotopic (exact) mass is 386 g/mol.